The van der Waals surface area contributed by atoms with E-state index in [0.717, 1.165) is 21.6 Å². The van der Waals surface area contributed by atoms with Crippen molar-refractivity contribution in [3.8, 4) is 17.0 Å². The van der Waals surface area contributed by atoms with Crippen LogP contribution in [0.4, 0.5) is 5.69 Å². The molecule has 2 aromatic heterocycles. The van der Waals surface area contributed by atoms with E-state index in [-0.39, 0.29) is 12.3 Å². The predicted molar refractivity (Wildman–Crippen MR) is 121 cm³/mol. The van der Waals surface area contributed by atoms with Gasteiger partial charge in [-0.3, -0.25) is 4.79 Å². The standard InChI is InChI=1S/C22H19ClN4O2S/c1-29-21-7-8-27-22(26-21)18(13-24-27)15-9-16(12-17(10-15)30-2)25-20(28)11-14-5-3-4-6-19(14)23/h3-10,12-13H,11H2,1-2H3,(H,25,28). The van der Waals surface area contributed by atoms with Crippen molar-refractivity contribution in [2.45, 2.75) is 11.3 Å². The third-order valence-corrected chi connectivity index (χ3v) is 5.67. The summed E-state index contributed by atoms with van der Waals surface area (Å²) in [6.45, 7) is 0. The minimum atomic E-state index is -0.132. The first-order valence-electron chi connectivity index (χ1n) is 9.18. The molecule has 0 spiro atoms. The molecule has 4 aromatic rings. The topological polar surface area (TPSA) is 68.5 Å². The van der Waals surface area contributed by atoms with Gasteiger partial charge in [-0.15, -0.1) is 11.8 Å². The number of thioether (sulfide) groups is 1. The summed E-state index contributed by atoms with van der Waals surface area (Å²) < 4.78 is 6.94. The van der Waals surface area contributed by atoms with E-state index >= 15 is 0 Å². The molecule has 8 heteroatoms. The van der Waals surface area contributed by atoms with Gasteiger partial charge in [-0.05, 0) is 41.6 Å². The van der Waals surface area contributed by atoms with Crippen LogP contribution in [-0.4, -0.2) is 33.9 Å². The van der Waals surface area contributed by atoms with Crippen molar-refractivity contribution >= 4 is 40.6 Å². The lowest BCUT2D eigenvalue weighted by atomic mass is 10.1. The number of aromatic nitrogens is 3. The Hall–Kier alpha value is -3.03. The maximum Gasteiger partial charge on any atom is 0.228 e. The van der Waals surface area contributed by atoms with E-state index in [1.165, 1.54) is 0 Å². The third kappa shape index (κ3) is 4.27. The summed E-state index contributed by atoms with van der Waals surface area (Å²) in [5.41, 5.74) is 3.94. The number of ether oxygens (including phenoxy) is 1. The molecular weight excluding hydrogens is 420 g/mol. The van der Waals surface area contributed by atoms with Crippen molar-refractivity contribution in [1.82, 2.24) is 14.6 Å². The lowest BCUT2D eigenvalue weighted by molar-refractivity contribution is -0.115. The Morgan fingerprint density at radius 2 is 2.07 bits per heavy atom. The fourth-order valence-corrected chi connectivity index (χ4v) is 3.83. The molecule has 1 N–H and O–H groups in total. The van der Waals surface area contributed by atoms with Gasteiger partial charge in [-0.25, -0.2) is 4.52 Å². The van der Waals surface area contributed by atoms with Gasteiger partial charge in [-0.2, -0.15) is 10.1 Å². The van der Waals surface area contributed by atoms with Gasteiger partial charge in [0.1, 0.15) is 0 Å². The molecular formula is C22H19ClN4O2S. The highest BCUT2D eigenvalue weighted by Crippen LogP contribution is 2.31. The second kappa shape index (κ2) is 8.77. The summed E-state index contributed by atoms with van der Waals surface area (Å²) in [4.78, 5) is 18.1. The zero-order valence-corrected chi connectivity index (χ0v) is 18.0. The second-order valence-electron chi connectivity index (χ2n) is 6.56. The van der Waals surface area contributed by atoms with Gasteiger partial charge in [-0.1, -0.05) is 29.8 Å². The van der Waals surface area contributed by atoms with Gasteiger partial charge in [0.15, 0.2) is 5.65 Å². The summed E-state index contributed by atoms with van der Waals surface area (Å²) in [6, 6.07) is 15.0. The normalized spacial score (nSPS) is 10.9. The maximum absolute atomic E-state index is 12.6. The van der Waals surface area contributed by atoms with E-state index in [1.807, 2.05) is 42.7 Å². The zero-order chi connectivity index (χ0) is 21.1. The molecule has 0 aliphatic heterocycles. The minimum Gasteiger partial charge on any atom is -0.481 e. The van der Waals surface area contributed by atoms with Crippen molar-refractivity contribution in [3.63, 3.8) is 0 Å². The third-order valence-electron chi connectivity index (χ3n) is 4.60. The fraction of sp³-hybridized carbons (Fsp3) is 0.136. The molecule has 2 heterocycles. The highest BCUT2D eigenvalue weighted by Gasteiger charge is 2.13. The largest absolute Gasteiger partial charge is 0.481 e. The number of rotatable bonds is 6. The van der Waals surface area contributed by atoms with E-state index in [2.05, 4.69) is 15.4 Å². The van der Waals surface area contributed by atoms with Gasteiger partial charge in [0.2, 0.25) is 11.8 Å². The van der Waals surface area contributed by atoms with E-state index < -0.39 is 0 Å². The number of carbonyl (C=O) groups is 1. The first-order chi connectivity index (χ1) is 14.6. The average Bonchev–Trinajstić information content (AvgIpc) is 3.18. The molecule has 0 bridgehead atoms. The van der Waals surface area contributed by atoms with Crippen LogP contribution in [0.15, 0.2) is 65.8 Å². The van der Waals surface area contributed by atoms with Gasteiger partial charge >= 0.3 is 0 Å². The van der Waals surface area contributed by atoms with E-state index in [9.17, 15) is 4.79 Å². The lowest BCUT2D eigenvalue weighted by Crippen LogP contribution is -2.14. The van der Waals surface area contributed by atoms with E-state index in [4.69, 9.17) is 16.3 Å². The zero-order valence-electron chi connectivity index (χ0n) is 16.4. The van der Waals surface area contributed by atoms with Crippen LogP contribution in [0.2, 0.25) is 5.02 Å². The van der Waals surface area contributed by atoms with Gasteiger partial charge in [0, 0.05) is 33.4 Å². The number of nitrogens with zero attached hydrogens (tertiary/aromatic N) is 3. The smallest absolute Gasteiger partial charge is 0.228 e. The average molecular weight is 439 g/mol. The van der Waals surface area contributed by atoms with Crippen LogP contribution in [0.3, 0.4) is 0 Å². The highest BCUT2D eigenvalue weighted by molar-refractivity contribution is 7.98. The van der Waals surface area contributed by atoms with Crippen molar-refractivity contribution in [3.05, 3.63) is 71.5 Å². The fourth-order valence-electron chi connectivity index (χ4n) is 3.13. The molecule has 0 saturated carbocycles. The summed E-state index contributed by atoms with van der Waals surface area (Å²) in [5, 5.41) is 7.94. The Balaban J connectivity index is 1.66. The molecule has 152 valence electrons. The number of carbonyl (C=O) groups excluding carboxylic acids is 1. The summed E-state index contributed by atoms with van der Waals surface area (Å²) in [6.07, 6.45) is 5.76. The molecule has 0 aliphatic rings. The Kier molecular flexibility index (Phi) is 5.92. The van der Waals surface area contributed by atoms with E-state index in [0.29, 0.717) is 22.2 Å². The van der Waals surface area contributed by atoms with Crippen LogP contribution >= 0.6 is 23.4 Å². The molecule has 0 radical (unpaired) electrons. The van der Waals surface area contributed by atoms with Gasteiger partial charge in [0.05, 0.1) is 19.7 Å². The van der Waals surface area contributed by atoms with Gasteiger partial charge < -0.3 is 10.1 Å². The quantitative estimate of drug-likeness (QED) is 0.431. The van der Waals surface area contributed by atoms with Crippen LogP contribution < -0.4 is 10.1 Å². The number of amides is 1. The number of methoxy groups -OCH3 is 1. The molecule has 0 unspecified atom stereocenters. The van der Waals surface area contributed by atoms with Crippen LogP contribution in [0.25, 0.3) is 16.8 Å². The Labute approximate surface area is 183 Å². The molecule has 1 amide bonds. The molecule has 2 aromatic carbocycles. The summed E-state index contributed by atoms with van der Waals surface area (Å²) in [5.74, 6) is 0.380. The SMILES string of the molecule is COc1ccn2ncc(-c3cc(NC(=O)Cc4ccccc4Cl)cc(SC)c3)c2n1. The molecule has 0 atom stereocenters. The van der Waals surface area contributed by atoms with Crippen LogP contribution in [0, 0.1) is 0 Å². The van der Waals surface area contributed by atoms with Crippen molar-refractivity contribution in [1.29, 1.82) is 0 Å². The Bertz CT molecular complexity index is 1220. The lowest BCUT2D eigenvalue weighted by Gasteiger charge is -2.10. The van der Waals surface area contributed by atoms with Crippen molar-refractivity contribution in [2.24, 2.45) is 0 Å². The number of nitrogens with one attached hydrogen (secondary N) is 1. The molecule has 0 saturated heterocycles. The molecule has 0 aliphatic carbocycles. The first-order valence-corrected chi connectivity index (χ1v) is 10.8. The first kappa shape index (κ1) is 20.3. The second-order valence-corrected chi connectivity index (χ2v) is 7.85. The molecule has 4 rings (SSSR count). The Morgan fingerprint density at radius 3 is 2.83 bits per heavy atom. The van der Waals surface area contributed by atoms with Crippen molar-refractivity contribution in [2.75, 3.05) is 18.7 Å². The predicted octanol–water partition coefficient (Wildman–Crippen LogP) is 4.96. The van der Waals surface area contributed by atoms with Crippen LogP contribution in [-0.2, 0) is 11.2 Å². The number of hydrogen-bond acceptors (Lipinski definition) is 5. The monoisotopic (exact) mass is 438 g/mol. The van der Waals surface area contributed by atoms with Crippen LogP contribution in [0.5, 0.6) is 5.88 Å². The minimum absolute atomic E-state index is 0.132. The number of fused-ring (bicyclic) bond motifs is 1. The van der Waals surface area contributed by atoms with Gasteiger partial charge in [0.25, 0.3) is 0 Å². The summed E-state index contributed by atoms with van der Waals surface area (Å²) >= 11 is 7.78. The highest BCUT2D eigenvalue weighted by atomic mass is 35.5. The molecule has 0 fully saturated rings. The number of hydrogen-bond donors (Lipinski definition) is 1. The number of anilines is 1. The molecule has 30 heavy (non-hydrogen) atoms. The van der Waals surface area contributed by atoms with Crippen LogP contribution in [0.1, 0.15) is 5.56 Å². The summed E-state index contributed by atoms with van der Waals surface area (Å²) in [7, 11) is 1.58. The molecule has 6 nitrogen and oxygen atoms in total. The van der Waals surface area contributed by atoms with Crippen molar-refractivity contribution < 1.29 is 9.53 Å². The Morgan fingerprint density at radius 1 is 1.23 bits per heavy atom. The number of benzene rings is 2. The number of halogens is 1. The maximum atomic E-state index is 12.6. The van der Waals surface area contributed by atoms with E-state index in [1.54, 1.807) is 47.9 Å².